The molecule has 3 N–H and O–H groups in total. The minimum absolute atomic E-state index is 0.167. The van der Waals surface area contributed by atoms with Crippen LogP contribution in [0.2, 0.25) is 0 Å². The molecule has 1 fully saturated rings. The van der Waals surface area contributed by atoms with Gasteiger partial charge in [-0.3, -0.25) is 4.79 Å². The summed E-state index contributed by atoms with van der Waals surface area (Å²) in [5.41, 5.74) is 5.78. The number of piperidine rings is 1. The van der Waals surface area contributed by atoms with Gasteiger partial charge in [-0.25, -0.2) is 0 Å². The fourth-order valence-corrected chi connectivity index (χ4v) is 3.07. The molecular formula is C15H30N2O2. The molecule has 4 nitrogen and oxygen atoms in total. The van der Waals surface area contributed by atoms with Gasteiger partial charge < -0.3 is 15.7 Å². The third-order valence-corrected chi connectivity index (χ3v) is 4.01. The quantitative estimate of drug-likeness (QED) is 0.741. The molecule has 0 bridgehead atoms. The third kappa shape index (κ3) is 5.49. The Labute approximate surface area is 117 Å². The Morgan fingerprint density at radius 1 is 1.42 bits per heavy atom. The summed E-state index contributed by atoms with van der Waals surface area (Å²) >= 11 is 0. The molecule has 1 aliphatic rings. The molecule has 0 spiro atoms. The predicted molar refractivity (Wildman–Crippen MR) is 77.7 cm³/mol. The minimum atomic E-state index is 0.167. The second-order valence-corrected chi connectivity index (χ2v) is 6.18. The lowest BCUT2D eigenvalue weighted by atomic mass is 9.92. The zero-order valence-electron chi connectivity index (χ0n) is 12.5. The lowest BCUT2D eigenvalue weighted by molar-refractivity contribution is -0.136. The van der Waals surface area contributed by atoms with Crippen LogP contribution in [0.15, 0.2) is 0 Å². The van der Waals surface area contributed by atoms with Crippen LogP contribution in [0.25, 0.3) is 0 Å². The summed E-state index contributed by atoms with van der Waals surface area (Å²) in [6.07, 6.45) is 5.58. The maximum Gasteiger partial charge on any atom is 0.223 e. The highest BCUT2D eigenvalue weighted by Crippen LogP contribution is 2.23. The highest BCUT2D eigenvalue weighted by atomic mass is 16.3. The number of hydrogen-bond donors (Lipinski definition) is 2. The molecule has 1 amide bonds. The average molecular weight is 270 g/mol. The summed E-state index contributed by atoms with van der Waals surface area (Å²) in [5.74, 6) is 1.11. The molecule has 2 atom stereocenters. The van der Waals surface area contributed by atoms with E-state index in [9.17, 15) is 4.79 Å². The van der Waals surface area contributed by atoms with Crippen LogP contribution in [0.5, 0.6) is 0 Å². The first-order valence-corrected chi connectivity index (χ1v) is 7.68. The van der Waals surface area contributed by atoms with E-state index in [0.717, 1.165) is 25.8 Å². The molecule has 0 aromatic rings. The van der Waals surface area contributed by atoms with Gasteiger partial charge in [0.1, 0.15) is 0 Å². The maximum atomic E-state index is 12.4. The number of hydrogen-bond acceptors (Lipinski definition) is 3. The summed E-state index contributed by atoms with van der Waals surface area (Å²) < 4.78 is 0. The summed E-state index contributed by atoms with van der Waals surface area (Å²) in [6.45, 7) is 5.94. The van der Waals surface area contributed by atoms with Crippen molar-refractivity contribution in [2.24, 2.45) is 17.6 Å². The van der Waals surface area contributed by atoms with Crippen LogP contribution in [0.1, 0.15) is 52.4 Å². The second kappa shape index (κ2) is 8.54. The largest absolute Gasteiger partial charge is 0.396 e. The van der Waals surface area contributed by atoms with E-state index in [1.165, 1.54) is 6.42 Å². The molecule has 0 aromatic carbocycles. The number of nitrogens with zero attached hydrogens (tertiary/aromatic N) is 1. The molecule has 1 aliphatic heterocycles. The molecule has 4 heteroatoms. The van der Waals surface area contributed by atoms with Crippen LogP contribution >= 0.6 is 0 Å². The van der Waals surface area contributed by atoms with Gasteiger partial charge in [-0.15, -0.1) is 0 Å². The molecule has 0 aromatic heterocycles. The van der Waals surface area contributed by atoms with E-state index in [1.807, 2.05) is 4.90 Å². The minimum Gasteiger partial charge on any atom is -0.396 e. The zero-order valence-corrected chi connectivity index (χ0v) is 12.5. The molecule has 0 aliphatic carbocycles. The Morgan fingerprint density at radius 2 is 2.16 bits per heavy atom. The normalized spacial score (nSPS) is 21.7. The van der Waals surface area contributed by atoms with Gasteiger partial charge in [-0.05, 0) is 50.5 Å². The van der Waals surface area contributed by atoms with E-state index in [4.69, 9.17) is 10.8 Å². The molecule has 112 valence electrons. The zero-order chi connectivity index (χ0) is 14.3. The molecule has 1 rings (SSSR count). The molecule has 1 saturated heterocycles. The number of nitrogens with two attached hydrogens (primary N) is 1. The van der Waals surface area contributed by atoms with E-state index in [2.05, 4.69) is 13.8 Å². The number of aliphatic hydroxyl groups excluding tert-OH is 1. The molecule has 19 heavy (non-hydrogen) atoms. The van der Waals surface area contributed by atoms with E-state index < -0.39 is 0 Å². The number of aliphatic hydroxyl groups is 1. The topological polar surface area (TPSA) is 66.6 Å². The standard InChI is InChI=1S/C15H30N2O2/c1-12(2)9-13(11-16)10-15(19)17-7-4-3-5-14(17)6-8-18/h12-14,18H,3-11,16H2,1-2H3. The molecule has 2 unspecified atom stereocenters. The van der Waals surface area contributed by atoms with Crippen molar-refractivity contribution < 1.29 is 9.90 Å². The first-order chi connectivity index (χ1) is 9.08. The van der Waals surface area contributed by atoms with Crippen molar-refractivity contribution in [3.63, 3.8) is 0 Å². The molecule has 1 heterocycles. The number of likely N-dealkylation sites (tertiary alicyclic amines) is 1. The maximum absolute atomic E-state index is 12.4. The van der Waals surface area contributed by atoms with E-state index >= 15 is 0 Å². The Hall–Kier alpha value is -0.610. The summed E-state index contributed by atoms with van der Waals surface area (Å²) in [6, 6.07) is 0.240. The van der Waals surface area contributed by atoms with Crippen molar-refractivity contribution >= 4 is 5.91 Å². The highest BCUT2D eigenvalue weighted by Gasteiger charge is 2.27. The molecule has 0 saturated carbocycles. The van der Waals surface area contributed by atoms with Crippen molar-refractivity contribution in [2.45, 2.75) is 58.4 Å². The van der Waals surface area contributed by atoms with E-state index in [-0.39, 0.29) is 18.6 Å². The SMILES string of the molecule is CC(C)CC(CN)CC(=O)N1CCCCC1CCO. The molecule has 0 radical (unpaired) electrons. The summed E-state index contributed by atoms with van der Waals surface area (Å²) in [5, 5.41) is 9.11. The van der Waals surface area contributed by atoms with Gasteiger partial charge >= 0.3 is 0 Å². The van der Waals surface area contributed by atoms with Crippen LogP contribution in [-0.4, -0.2) is 41.7 Å². The third-order valence-electron chi connectivity index (χ3n) is 4.01. The lowest BCUT2D eigenvalue weighted by Gasteiger charge is -2.36. The van der Waals surface area contributed by atoms with Gasteiger partial charge in [-0.1, -0.05) is 13.8 Å². The lowest BCUT2D eigenvalue weighted by Crippen LogP contribution is -2.45. The summed E-state index contributed by atoms with van der Waals surface area (Å²) in [7, 11) is 0. The van der Waals surface area contributed by atoms with Gasteiger partial charge in [0.05, 0.1) is 0 Å². The number of amides is 1. The van der Waals surface area contributed by atoms with E-state index in [0.29, 0.717) is 31.2 Å². The summed E-state index contributed by atoms with van der Waals surface area (Å²) in [4.78, 5) is 14.4. The fraction of sp³-hybridized carbons (Fsp3) is 0.933. The van der Waals surface area contributed by atoms with Crippen LogP contribution in [0.3, 0.4) is 0 Å². The Kier molecular flexibility index (Phi) is 7.39. The van der Waals surface area contributed by atoms with Crippen molar-refractivity contribution in [1.29, 1.82) is 0 Å². The number of carbonyl (C=O) groups excluding carboxylic acids is 1. The van der Waals surface area contributed by atoms with Gasteiger partial charge in [0.2, 0.25) is 5.91 Å². The van der Waals surface area contributed by atoms with Crippen LogP contribution in [-0.2, 0) is 4.79 Å². The Balaban J connectivity index is 2.53. The van der Waals surface area contributed by atoms with Gasteiger partial charge in [-0.2, -0.15) is 0 Å². The van der Waals surface area contributed by atoms with Crippen molar-refractivity contribution in [3.05, 3.63) is 0 Å². The fourth-order valence-electron chi connectivity index (χ4n) is 3.07. The second-order valence-electron chi connectivity index (χ2n) is 6.18. The van der Waals surface area contributed by atoms with Gasteiger partial charge in [0.25, 0.3) is 0 Å². The monoisotopic (exact) mass is 270 g/mol. The van der Waals surface area contributed by atoms with Crippen molar-refractivity contribution in [3.8, 4) is 0 Å². The molecular weight excluding hydrogens is 240 g/mol. The van der Waals surface area contributed by atoms with Crippen LogP contribution in [0.4, 0.5) is 0 Å². The van der Waals surface area contributed by atoms with Crippen LogP contribution in [0, 0.1) is 11.8 Å². The Bertz CT molecular complexity index is 267. The van der Waals surface area contributed by atoms with E-state index in [1.54, 1.807) is 0 Å². The van der Waals surface area contributed by atoms with Gasteiger partial charge in [0, 0.05) is 25.6 Å². The number of rotatable bonds is 7. The predicted octanol–water partition coefficient (Wildman–Crippen LogP) is 1.76. The van der Waals surface area contributed by atoms with Crippen molar-refractivity contribution in [1.82, 2.24) is 4.90 Å². The highest BCUT2D eigenvalue weighted by molar-refractivity contribution is 5.77. The first-order valence-electron chi connectivity index (χ1n) is 7.68. The first kappa shape index (κ1) is 16.4. The number of carbonyl (C=O) groups is 1. The smallest absolute Gasteiger partial charge is 0.223 e. The van der Waals surface area contributed by atoms with Crippen LogP contribution < -0.4 is 5.73 Å². The van der Waals surface area contributed by atoms with Crippen molar-refractivity contribution in [2.75, 3.05) is 19.7 Å². The van der Waals surface area contributed by atoms with Gasteiger partial charge in [0.15, 0.2) is 0 Å². The average Bonchev–Trinajstić information content (AvgIpc) is 2.38. The Morgan fingerprint density at radius 3 is 2.74 bits per heavy atom.